The molecular weight excluding hydrogens is 703 g/mol. The maximum absolute atomic E-state index is 11.5. The Balaban J connectivity index is 1.45. The van der Waals surface area contributed by atoms with Crippen molar-refractivity contribution in [3.05, 3.63) is 206 Å². The Morgan fingerprint density at radius 2 is 0.623 bits per heavy atom. The molecule has 2 heterocycles. The number of hydrogen-bond acceptors (Lipinski definition) is 1. The van der Waals surface area contributed by atoms with Crippen molar-refractivity contribution in [1.82, 2.24) is 9.13 Å². The monoisotopic (exact) mass is 737 g/mol. The molecule has 0 aliphatic heterocycles. The van der Waals surface area contributed by atoms with E-state index >= 15 is 0 Å². The van der Waals surface area contributed by atoms with Crippen molar-refractivity contribution >= 4 is 74.5 Å². The number of nitriles is 1. The second-order valence-corrected chi connectivity index (χ2v) is 21.6. The van der Waals surface area contributed by atoms with E-state index in [4.69, 9.17) is 0 Å². The van der Waals surface area contributed by atoms with Crippen LogP contribution in [0.1, 0.15) is 5.56 Å². The molecule has 0 unspecified atom stereocenters. The molecule has 53 heavy (non-hydrogen) atoms. The van der Waals surface area contributed by atoms with E-state index in [-0.39, 0.29) is 0 Å². The van der Waals surface area contributed by atoms with Crippen LogP contribution in [-0.2, 0) is 0 Å². The molecule has 4 heteroatoms. The van der Waals surface area contributed by atoms with Gasteiger partial charge >= 0.3 is 312 Å². The van der Waals surface area contributed by atoms with Gasteiger partial charge in [0.05, 0.1) is 0 Å². The first kappa shape index (κ1) is 31.2. The molecule has 0 radical (unpaired) electrons. The molecule has 2 aromatic heterocycles. The Hall–Kier alpha value is -6.61. The first-order valence-corrected chi connectivity index (χ1v) is 22.2. The van der Waals surface area contributed by atoms with Gasteiger partial charge in [-0.05, 0) is 0 Å². The van der Waals surface area contributed by atoms with Crippen LogP contribution in [0.4, 0.5) is 0 Å². The van der Waals surface area contributed by atoms with Gasteiger partial charge in [-0.3, -0.25) is 0 Å². The van der Waals surface area contributed by atoms with Crippen LogP contribution < -0.4 is 17.6 Å². The predicted molar refractivity (Wildman–Crippen MR) is 223 cm³/mol. The Labute approximate surface area is 310 Å². The van der Waals surface area contributed by atoms with Crippen LogP contribution >= 0.6 is 0 Å². The summed E-state index contributed by atoms with van der Waals surface area (Å²) in [6, 6.07) is 75.1. The van der Waals surface area contributed by atoms with Crippen LogP contribution in [0.25, 0.3) is 55.0 Å². The molecule has 0 amide bonds. The molecule has 248 valence electrons. The van der Waals surface area contributed by atoms with E-state index in [0.717, 1.165) is 55.0 Å². The molecule has 0 bridgehead atoms. The summed E-state index contributed by atoms with van der Waals surface area (Å²) in [5.74, 6) is 0. The standard InChI is InChI=1S/C49H33GeN3/c51-34-43-48(52-44-28-14-10-24-39(44)40-25-11-15-29-45(40)52)32-38(33-49(43)53-46-30-16-12-26-41(46)42-27-13-17-31-47(42)53)50(35-18-4-1-5-19-35,36-20-6-2-7-21-36)37-22-8-3-9-23-37/h1-33H. The molecular formula is C49H33GeN3. The Morgan fingerprint density at radius 1 is 0.340 bits per heavy atom. The molecule has 0 saturated heterocycles. The zero-order valence-electron chi connectivity index (χ0n) is 28.9. The normalized spacial score (nSPS) is 11.8. The molecule has 0 aliphatic carbocycles. The third kappa shape index (κ3) is 4.66. The van der Waals surface area contributed by atoms with Crippen LogP contribution in [0.2, 0.25) is 0 Å². The van der Waals surface area contributed by atoms with E-state index in [1.54, 1.807) is 0 Å². The van der Waals surface area contributed by atoms with Crippen molar-refractivity contribution in [3.8, 4) is 17.4 Å². The van der Waals surface area contributed by atoms with Crippen molar-refractivity contribution < 1.29 is 0 Å². The van der Waals surface area contributed by atoms with Gasteiger partial charge in [-0.25, -0.2) is 0 Å². The van der Waals surface area contributed by atoms with Crippen LogP contribution in [0.3, 0.4) is 0 Å². The Bertz CT molecular complexity index is 2670. The SMILES string of the molecule is N#Cc1c(-n2c3ccccc3c3ccccc32)c[c]([Ge]([c]2ccccc2)([c]2ccccc2)[c]2ccccc2)cc1-n1c2ccccc2c2ccccc21. The molecule has 8 aromatic carbocycles. The second-order valence-electron chi connectivity index (χ2n) is 13.6. The van der Waals surface area contributed by atoms with Gasteiger partial charge in [0, 0.05) is 0 Å². The number of nitrogens with zero attached hydrogens (tertiary/aromatic N) is 3. The van der Waals surface area contributed by atoms with Gasteiger partial charge in [-0.1, -0.05) is 0 Å². The molecule has 0 aliphatic rings. The molecule has 0 saturated carbocycles. The number of fused-ring (bicyclic) bond motifs is 6. The van der Waals surface area contributed by atoms with Gasteiger partial charge < -0.3 is 0 Å². The van der Waals surface area contributed by atoms with E-state index < -0.39 is 13.3 Å². The van der Waals surface area contributed by atoms with Gasteiger partial charge in [0.1, 0.15) is 0 Å². The number of aromatic nitrogens is 2. The summed E-state index contributed by atoms with van der Waals surface area (Å²) in [4.78, 5) is 0. The van der Waals surface area contributed by atoms with Crippen LogP contribution in [0, 0.1) is 11.3 Å². The molecule has 0 atom stereocenters. The molecule has 0 N–H and O–H groups in total. The van der Waals surface area contributed by atoms with E-state index in [9.17, 15) is 5.26 Å². The van der Waals surface area contributed by atoms with Crippen LogP contribution in [0.15, 0.2) is 200 Å². The van der Waals surface area contributed by atoms with Crippen molar-refractivity contribution in [3.63, 3.8) is 0 Å². The topological polar surface area (TPSA) is 33.6 Å². The Morgan fingerprint density at radius 3 is 0.925 bits per heavy atom. The fourth-order valence-corrected chi connectivity index (χ4v) is 18.8. The third-order valence-electron chi connectivity index (χ3n) is 10.9. The van der Waals surface area contributed by atoms with Crippen LogP contribution in [-0.4, -0.2) is 22.4 Å². The second kappa shape index (κ2) is 12.6. The van der Waals surface area contributed by atoms with Crippen molar-refractivity contribution in [2.24, 2.45) is 0 Å². The first-order chi connectivity index (χ1) is 26.3. The quantitative estimate of drug-likeness (QED) is 0.157. The van der Waals surface area contributed by atoms with E-state index in [1.165, 1.54) is 17.6 Å². The summed E-state index contributed by atoms with van der Waals surface area (Å²) in [6.45, 7) is 0. The summed E-state index contributed by atoms with van der Waals surface area (Å²) in [6.07, 6.45) is 0. The van der Waals surface area contributed by atoms with E-state index in [1.807, 2.05) is 0 Å². The maximum atomic E-state index is 11.5. The van der Waals surface area contributed by atoms with Gasteiger partial charge in [0.25, 0.3) is 0 Å². The van der Waals surface area contributed by atoms with E-state index in [2.05, 4.69) is 215 Å². The summed E-state index contributed by atoms with van der Waals surface area (Å²) < 4.78 is 9.90. The predicted octanol–water partition coefficient (Wildman–Crippen LogP) is 9.13. The minimum atomic E-state index is -3.83. The van der Waals surface area contributed by atoms with Gasteiger partial charge in [0.15, 0.2) is 0 Å². The van der Waals surface area contributed by atoms with Gasteiger partial charge in [-0.2, -0.15) is 0 Å². The first-order valence-electron chi connectivity index (χ1n) is 18.0. The van der Waals surface area contributed by atoms with E-state index in [0.29, 0.717) is 5.56 Å². The zero-order valence-corrected chi connectivity index (χ0v) is 31.0. The average molecular weight is 736 g/mol. The Kier molecular flexibility index (Phi) is 7.38. The summed E-state index contributed by atoms with van der Waals surface area (Å²) >= 11 is -3.83. The number of hydrogen-bond donors (Lipinski definition) is 0. The third-order valence-corrected chi connectivity index (χ3v) is 20.9. The average Bonchev–Trinajstić information content (AvgIpc) is 3.75. The number of rotatable bonds is 6. The fourth-order valence-electron chi connectivity index (χ4n) is 8.72. The molecule has 10 rings (SSSR count). The molecule has 3 nitrogen and oxygen atoms in total. The molecule has 10 aromatic rings. The summed E-state index contributed by atoms with van der Waals surface area (Å²) in [5.41, 5.74) is 6.72. The number of para-hydroxylation sites is 4. The fraction of sp³-hybridized carbons (Fsp3) is 0. The summed E-state index contributed by atoms with van der Waals surface area (Å²) in [5, 5.41) is 16.1. The summed E-state index contributed by atoms with van der Waals surface area (Å²) in [7, 11) is 0. The van der Waals surface area contributed by atoms with Crippen molar-refractivity contribution in [2.45, 2.75) is 0 Å². The van der Waals surface area contributed by atoms with Gasteiger partial charge in [-0.15, -0.1) is 0 Å². The minimum absolute atomic E-state index is 0.636. The van der Waals surface area contributed by atoms with Crippen molar-refractivity contribution in [1.29, 1.82) is 5.26 Å². The molecule has 0 fully saturated rings. The number of benzene rings is 8. The van der Waals surface area contributed by atoms with Crippen molar-refractivity contribution in [2.75, 3.05) is 0 Å². The van der Waals surface area contributed by atoms with Crippen LogP contribution in [0.5, 0.6) is 0 Å². The molecule has 0 spiro atoms. The van der Waals surface area contributed by atoms with Gasteiger partial charge in [0.2, 0.25) is 0 Å². The zero-order chi connectivity index (χ0) is 35.4.